The van der Waals surface area contributed by atoms with Gasteiger partial charge in [0, 0.05) is 18.5 Å². The van der Waals surface area contributed by atoms with Crippen LogP contribution in [0.15, 0.2) is 0 Å². The summed E-state index contributed by atoms with van der Waals surface area (Å²) in [5, 5.41) is 0. The molecule has 1 fully saturated rings. The Kier molecular flexibility index (Phi) is 3.72. The Morgan fingerprint density at radius 2 is 2.20 bits per heavy atom. The second-order valence-corrected chi connectivity index (χ2v) is 6.53. The normalized spacial score (nSPS) is 26.7. The van der Waals surface area contributed by atoms with Crippen molar-refractivity contribution in [3.63, 3.8) is 0 Å². The van der Waals surface area contributed by atoms with E-state index in [4.69, 9.17) is 5.73 Å². The number of hydrogen-bond donors (Lipinski definition) is 1. The Balaban J connectivity index is 2.49. The van der Waals surface area contributed by atoms with Gasteiger partial charge in [-0.1, -0.05) is 6.92 Å². The summed E-state index contributed by atoms with van der Waals surface area (Å²) in [5.74, 6) is -0.122. The predicted octanol–water partition coefficient (Wildman–Crippen LogP) is -0.773. The second kappa shape index (κ2) is 4.49. The van der Waals surface area contributed by atoms with Crippen molar-refractivity contribution >= 4 is 15.7 Å². The Morgan fingerprint density at radius 3 is 2.60 bits per heavy atom. The standard InChI is InChI=1S/C9H18N2O3S/c1-7(9(10)12)5-11(2)8-3-4-15(13,14)6-8/h7-8H,3-6H2,1-2H3,(H2,10,12). The molecule has 1 rings (SSSR count). The monoisotopic (exact) mass is 234 g/mol. The number of primary amides is 1. The first-order valence-corrected chi connectivity index (χ1v) is 6.84. The molecule has 1 aliphatic heterocycles. The zero-order chi connectivity index (χ0) is 11.6. The number of sulfone groups is 1. The summed E-state index contributed by atoms with van der Waals surface area (Å²) in [6, 6.07) is 0.0387. The van der Waals surface area contributed by atoms with Crippen molar-refractivity contribution in [1.82, 2.24) is 4.90 Å². The van der Waals surface area contributed by atoms with Gasteiger partial charge in [-0.05, 0) is 13.5 Å². The Bertz CT molecular complexity index is 339. The SMILES string of the molecule is CC(CN(C)C1CCS(=O)(=O)C1)C(N)=O. The van der Waals surface area contributed by atoms with Gasteiger partial charge in [0.2, 0.25) is 5.91 Å². The van der Waals surface area contributed by atoms with Gasteiger partial charge in [0.15, 0.2) is 9.84 Å². The van der Waals surface area contributed by atoms with Crippen LogP contribution in [-0.2, 0) is 14.6 Å². The van der Waals surface area contributed by atoms with Gasteiger partial charge in [0.25, 0.3) is 0 Å². The van der Waals surface area contributed by atoms with Gasteiger partial charge in [-0.3, -0.25) is 4.79 Å². The van der Waals surface area contributed by atoms with Crippen molar-refractivity contribution in [3.8, 4) is 0 Å². The van der Waals surface area contributed by atoms with Crippen LogP contribution < -0.4 is 5.73 Å². The van der Waals surface area contributed by atoms with E-state index in [0.717, 1.165) is 0 Å². The van der Waals surface area contributed by atoms with E-state index in [2.05, 4.69) is 0 Å². The van der Waals surface area contributed by atoms with Gasteiger partial charge in [-0.25, -0.2) is 8.42 Å². The number of nitrogens with zero attached hydrogens (tertiary/aromatic N) is 1. The fourth-order valence-corrected chi connectivity index (χ4v) is 3.60. The molecule has 5 nitrogen and oxygen atoms in total. The van der Waals surface area contributed by atoms with E-state index in [-0.39, 0.29) is 29.4 Å². The lowest BCUT2D eigenvalue weighted by molar-refractivity contribution is -0.121. The van der Waals surface area contributed by atoms with E-state index >= 15 is 0 Å². The summed E-state index contributed by atoms with van der Waals surface area (Å²) in [6.07, 6.45) is 0.657. The van der Waals surface area contributed by atoms with Crippen molar-refractivity contribution in [2.24, 2.45) is 11.7 Å². The van der Waals surface area contributed by atoms with Crippen LogP contribution in [0.4, 0.5) is 0 Å². The molecule has 15 heavy (non-hydrogen) atoms. The van der Waals surface area contributed by atoms with Crippen LogP contribution in [0.2, 0.25) is 0 Å². The average Bonchev–Trinajstić information content (AvgIpc) is 2.45. The third-order valence-corrected chi connectivity index (χ3v) is 4.63. The molecule has 0 spiro atoms. The van der Waals surface area contributed by atoms with Gasteiger partial charge < -0.3 is 10.6 Å². The third kappa shape index (κ3) is 3.46. The summed E-state index contributed by atoms with van der Waals surface area (Å²) < 4.78 is 22.5. The molecule has 1 aliphatic rings. The Labute approximate surface area is 90.5 Å². The minimum absolute atomic E-state index is 0.0387. The van der Waals surface area contributed by atoms with E-state index in [1.165, 1.54) is 0 Å². The van der Waals surface area contributed by atoms with Crippen molar-refractivity contribution in [2.45, 2.75) is 19.4 Å². The largest absolute Gasteiger partial charge is 0.369 e. The number of amides is 1. The van der Waals surface area contributed by atoms with Gasteiger partial charge in [0.1, 0.15) is 0 Å². The summed E-state index contributed by atoms with van der Waals surface area (Å²) in [5.41, 5.74) is 5.15. The van der Waals surface area contributed by atoms with E-state index in [9.17, 15) is 13.2 Å². The molecule has 1 heterocycles. The van der Waals surface area contributed by atoms with Crippen LogP contribution in [0, 0.1) is 5.92 Å². The van der Waals surface area contributed by atoms with Gasteiger partial charge in [-0.2, -0.15) is 0 Å². The molecule has 88 valence electrons. The molecular formula is C9H18N2O3S. The lowest BCUT2D eigenvalue weighted by Gasteiger charge is -2.24. The van der Waals surface area contributed by atoms with Crippen LogP contribution in [-0.4, -0.2) is 50.4 Å². The van der Waals surface area contributed by atoms with Crippen molar-refractivity contribution in [1.29, 1.82) is 0 Å². The number of hydrogen-bond acceptors (Lipinski definition) is 4. The average molecular weight is 234 g/mol. The quantitative estimate of drug-likeness (QED) is 0.692. The van der Waals surface area contributed by atoms with Crippen molar-refractivity contribution in [2.75, 3.05) is 25.1 Å². The summed E-state index contributed by atoms with van der Waals surface area (Å²) in [7, 11) is -1.02. The molecule has 6 heteroatoms. The molecule has 0 aromatic carbocycles. The fourth-order valence-electron chi connectivity index (χ4n) is 1.79. The molecule has 0 aromatic heterocycles. The maximum absolute atomic E-state index is 11.2. The fraction of sp³-hybridized carbons (Fsp3) is 0.889. The number of rotatable bonds is 4. The smallest absolute Gasteiger partial charge is 0.221 e. The zero-order valence-electron chi connectivity index (χ0n) is 9.14. The van der Waals surface area contributed by atoms with Crippen molar-refractivity contribution in [3.05, 3.63) is 0 Å². The van der Waals surface area contributed by atoms with Gasteiger partial charge in [-0.15, -0.1) is 0 Å². The first-order chi connectivity index (χ1) is 6.82. The van der Waals surface area contributed by atoms with Crippen LogP contribution in [0.1, 0.15) is 13.3 Å². The van der Waals surface area contributed by atoms with Crippen LogP contribution in [0.25, 0.3) is 0 Å². The van der Waals surface area contributed by atoms with Gasteiger partial charge in [0.05, 0.1) is 11.5 Å². The van der Waals surface area contributed by atoms with Crippen molar-refractivity contribution < 1.29 is 13.2 Å². The minimum Gasteiger partial charge on any atom is -0.369 e. The summed E-state index contributed by atoms with van der Waals surface area (Å²) >= 11 is 0. The molecule has 2 N–H and O–H groups in total. The van der Waals surface area contributed by atoms with E-state index in [1.807, 2.05) is 11.9 Å². The highest BCUT2D eigenvalue weighted by molar-refractivity contribution is 7.91. The molecule has 1 amide bonds. The molecular weight excluding hydrogens is 216 g/mol. The Morgan fingerprint density at radius 1 is 1.60 bits per heavy atom. The van der Waals surface area contributed by atoms with E-state index in [0.29, 0.717) is 13.0 Å². The summed E-state index contributed by atoms with van der Waals surface area (Å²) in [6.45, 7) is 2.28. The molecule has 0 aliphatic carbocycles. The lowest BCUT2D eigenvalue weighted by Crippen LogP contribution is -2.39. The first kappa shape index (κ1) is 12.4. The molecule has 2 unspecified atom stereocenters. The lowest BCUT2D eigenvalue weighted by atomic mass is 10.1. The van der Waals surface area contributed by atoms with E-state index < -0.39 is 9.84 Å². The maximum Gasteiger partial charge on any atom is 0.221 e. The summed E-state index contributed by atoms with van der Waals surface area (Å²) in [4.78, 5) is 12.8. The molecule has 2 atom stereocenters. The third-order valence-electron chi connectivity index (χ3n) is 2.88. The van der Waals surface area contributed by atoms with Crippen LogP contribution >= 0.6 is 0 Å². The maximum atomic E-state index is 11.2. The molecule has 1 saturated heterocycles. The second-order valence-electron chi connectivity index (χ2n) is 4.30. The molecule has 0 saturated carbocycles. The number of carbonyl (C=O) groups is 1. The highest BCUT2D eigenvalue weighted by Gasteiger charge is 2.31. The number of carbonyl (C=O) groups excluding carboxylic acids is 1. The molecule has 0 bridgehead atoms. The minimum atomic E-state index is -2.85. The highest BCUT2D eigenvalue weighted by atomic mass is 32.2. The molecule has 0 radical (unpaired) electrons. The highest BCUT2D eigenvalue weighted by Crippen LogP contribution is 2.17. The zero-order valence-corrected chi connectivity index (χ0v) is 9.96. The predicted molar refractivity (Wildman–Crippen MR) is 58.0 cm³/mol. The topological polar surface area (TPSA) is 80.5 Å². The van der Waals surface area contributed by atoms with Crippen LogP contribution in [0.3, 0.4) is 0 Å². The first-order valence-electron chi connectivity index (χ1n) is 5.02. The Hall–Kier alpha value is -0.620. The van der Waals surface area contributed by atoms with Gasteiger partial charge >= 0.3 is 0 Å². The molecule has 0 aromatic rings. The number of nitrogens with two attached hydrogens (primary N) is 1. The van der Waals surface area contributed by atoms with E-state index in [1.54, 1.807) is 6.92 Å². The van der Waals surface area contributed by atoms with Crippen LogP contribution in [0.5, 0.6) is 0 Å².